The minimum Gasteiger partial charge on any atom is -0.488 e. The van der Waals surface area contributed by atoms with E-state index in [-0.39, 0.29) is 24.1 Å². The van der Waals surface area contributed by atoms with Crippen molar-refractivity contribution in [1.29, 1.82) is 5.26 Å². The van der Waals surface area contributed by atoms with Crippen LogP contribution in [0.4, 0.5) is 4.79 Å². The molecule has 0 unspecified atom stereocenters. The van der Waals surface area contributed by atoms with Gasteiger partial charge in [0.2, 0.25) is 0 Å². The number of aliphatic hydroxyl groups excluding tert-OH is 1. The zero-order chi connectivity index (χ0) is 19.7. The van der Waals surface area contributed by atoms with Gasteiger partial charge >= 0.3 is 6.09 Å². The van der Waals surface area contributed by atoms with Crippen molar-refractivity contribution in [2.24, 2.45) is 0 Å². The first kappa shape index (κ1) is 20.0. The van der Waals surface area contributed by atoms with E-state index in [1.54, 1.807) is 46.9 Å². The quantitative estimate of drug-likeness (QED) is 0.814. The molecule has 2 rings (SSSR count). The third-order valence-corrected chi connectivity index (χ3v) is 3.86. The highest BCUT2D eigenvalue weighted by Crippen LogP contribution is 2.35. The number of hydrogen-bond acceptors (Lipinski definition) is 6. The Labute approximate surface area is 157 Å². The predicted octanol–water partition coefficient (Wildman–Crippen LogP) is 3.65. The smallest absolute Gasteiger partial charge is 0.419 e. The average molecular weight is 380 g/mol. The molecular weight excluding hydrogens is 358 g/mol. The Morgan fingerprint density at radius 3 is 2.58 bits per heavy atom. The standard InChI is InChI=1S/C18H22ClN3O4/c1-17(2,3)26-16(24)22-9-11(18(4,5)10-20)14-12(22)8-13(15(19)21-14)25-7-6-23/h8-9,23H,6-7H2,1-5H3. The van der Waals surface area contributed by atoms with Gasteiger partial charge in [0.05, 0.1) is 29.1 Å². The fourth-order valence-electron chi connectivity index (χ4n) is 2.34. The summed E-state index contributed by atoms with van der Waals surface area (Å²) in [5, 5.41) is 18.5. The fraction of sp³-hybridized carbons (Fsp3) is 0.500. The first-order chi connectivity index (χ1) is 12.0. The summed E-state index contributed by atoms with van der Waals surface area (Å²) >= 11 is 6.17. The van der Waals surface area contributed by atoms with Gasteiger partial charge in [0.1, 0.15) is 12.2 Å². The normalized spacial score (nSPS) is 12.1. The highest BCUT2D eigenvalue weighted by molar-refractivity contribution is 6.31. The second-order valence-electron chi connectivity index (χ2n) is 7.35. The lowest BCUT2D eigenvalue weighted by Crippen LogP contribution is -2.26. The van der Waals surface area contributed by atoms with Crippen molar-refractivity contribution in [3.63, 3.8) is 0 Å². The molecular formula is C18H22ClN3O4. The van der Waals surface area contributed by atoms with Crippen LogP contribution >= 0.6 is 11.6 Å². The van der Waals surface area contributed by atoms with E-state index >= 15 is 0 Å². The molecule has 0 aliphatic rings. The number of halogens is 1. The Kier molecular flexibility index (Phi) is 5.49. The molecule has 2 heterocycles. The van der Waals surface area contributed by atoms with Gasteiger partial charge in [-0.1, -0.05) is 11.6 Å². The molecule has 2 aromatic rings. The van der Waals surface area contributed by atoms with Crippen LogP contribution in [0.25, 0.3) is 11.0 Å². The number of carbonyl (C=O) groups is 1. The van der Waals surface area contributed by atoms with Crippen molar-refractivity contribution >= 4 is 28.7 Å². The van der Waals surface area contributed by atoms with Gasteiger partial charge in [-0.05, 0) is 34.6 Å². The van der Waals surface area contributed by atoms with Gasteiger partial charge in [0.25, 0.3) is 0 Å². The molecule has 0 fully saturated rings. The van der Waals surface area contributed by atoms with Crippen molar-refractivity contribution in [2.75, 3.05) is 13.2 Å². The summed E-state index contributed by atoms with van der Waals surface area (Å²) in [6.07, 6.45) is 0.945. The number of fused-ring (bicyclic) bond motifs is 1. The lowest BCUT2D eigenvalue weighted by atomic mass is 9.87. The monoisotopic (exact) mass is 379 g/mol. The minimum absolute atomic E-state index is 0.0383. The van der Waals surface area contributed by atoms with Crippen molar-refractivity contribution in [3.05, 3.63) is 23.0 Å². The third-order valence-electron chi connectivity index (χ3n) is 3.59. The first-order valence-corrected chi connectivity index (χ1v) is 8.48. The van der Waals surface area contributed by atoms with E-state index in [1.807, 2.05) is 0 Å². The molecule has 8 heteroatoms. The van der Waals surface area contributed by atoms with Crippen LogP contribution in [0.3, 0.4) is 0 Å². The maximum Gasteiger partial charge on any atom is 0.419 e. The molecule has 0 amide bonds. The van der Waals surface area contributed by atoms with Gasteiger partial charge in [-0.15, -0.1) is 0 Å². The van der Waals surface area contributed by atoms with Crippen LogP contribution in [0.15, 0.2) is 12.3 Å². The Bertz CT molecular complexity index is 875. The van der Waals surface area contributed by atoms with Gasteiger partial charge in [-0.3, -0.25) is 4.57 Å². The summed E-state index contributed by atoms with van der Waals surface area (Å²) in [6, 6.07) is 3.76. The number of nitriles is 1. The maximum atomic E-state index is 12.6. The number of ether oxygens (including phenoxy) is 2. The van der Waals surface area contributed by atoms with Gasteiger partial charge < -0.3 is 14.6 Å². The molecule has 26 heavy (non-hydrogen) atoms. The van der Waals surface area contributed by atoms with Crippen LogP contribution in [0, 0.1) is 11.3 Å². The van der Waals surface area contributed by atoms with Gasteiger partial charge in [0.15, 0.2) is 10.9 Å². The number of pyridine rings is 1. The van der Waals surface area contributed by atoms with E-state index in [2.05, 4.69) is 11.1 Å². The summed E-state index contributed by atoms with van der Waals surface area (Å²) in [6.45, 7) is 8.61. The molecule has 140 valence electrons. The topological polar surface area (TPSA) is 97.4 Å². The van der Waals surface area contributed by atoms with E-state index in [4.69, 9.17) is 26.2 Å². The SMILES string of the molecule is CC(C)(C)OC(=O)n1cc(C(C)(C)C#N)c2nc(Cl)c(OCCO)cc21. The summed E-state index contributed by atoms with van der Waals surface area (Å²) in [5.74, 6) is 0.234. The van der Waals surface area contributed by atoms with E-state index in [1.165, 1.54) is 4.57 Å². The number of rotatable bonds is 4. The Morgan fingerprint density at radius 2 is 2.04 bits per heavy atom. The lowest BCUT2D eigenvalue weighted by Gasteiger charge is -2.19. The molecule has 0 aromatic carbocycles. The predicted molar refractivity (Wildman–Crippen MR) is 97.6 cm³/mol. The molecule has 0 saturated heterocycles. The van der Waals surface area contributed by atoms with Crippen molar-refractivity contribution in [1.82, 2.24) is 9.55 Å². The van der Waals surface area contributed by atoms with E-state index in [0.29, 0.717) is 16.6 Å². The van der Waals surface area contributed by atoms with Crippen molar-refractivity contribution in [3.8, 4) is 11.8 Å². The molecule has 7 nitrogen and oxygen atoms in total. The summed E-state index contributed by atoms with van der Waals surface area (Å²) in [5.41, 5.74) is -0.195. The van der Waals surface area contributed by atoms with Crippen LogP contribution in [0.1, 0.15) is 40.2 Å². The molecule has 0 saturated carbocycles. The average Bonchev–Trinajstić information content (AvgIpc) is 2.90. The van der Waals surface area contributed by atoms with Crippen LogP contribution in [0.2, 0.25) is 5.15 Å². The summed E-state index contributed by atoms with van der Waals surface area (Å²) in [4.78, 5) is 17.0. The van der Waals surface area contributed by atoms with Crippen molar-refractivity contribution < 1.29 is 19.4 Å². The summed E-state index contributed by atoms with van der Waals surface area (Å²) < 4.78 is 12.1. The van der Waals surface area contributed by atoms with Crippen LogP contribution < -0.4 is 4.74 Å². The molecule has 0 bridgehead atoms. The van der Waals surface area contributed by atoms with Crippen LogP contribution in [-0.2, 0) is 10.2 Å². The highest BCUT2D eigenvalue weighted by Gasteiger charge is 2.30. The molecule has 2 aromatic heterocycles. The molecule has 1 N–H and O–H groups in total. The Morgan fingerprint density at radius 1 is 1.38 bits per heavy atom. The minimum atomic E-state index is -0.894. The third kappa shape index (κ3) is 4.09. The number of aliphatic hydroxyl groups is 1. The fourth-order valence-corrected chi connectivity index (χ4v) is 2.53. The first-order valence-electron chi connectivity index (χ1n) is 8.10. The molecule has 0 aliphatic heterocycles. The van der Waals surface area contributed by atoms with E-state index in [9.17, 15) is 10.1 Å². The van der Waals surface area contributed by atoms with E-state index in [0.717, 1.165) is 0 Å². The molecule has 0 aliphatic carbocycles. The zero-order valence-electron chi connectivity index (χ0n) is 15.5. The van der Waals surface area contributed by atoms with Crippen LogP contribution in [0.5, 0.6) is 5.75 Å². The lowest BCUT2D eigenvalue weighted by molar-refractivity contribution is 0.0544. The van der Waals surface area contributed by atoms with E-state index < -0.39 is 17.1 Å². The Balaban J connectivity index is 2.70. The van der Waals surface area contributed by atoms with Gasteiger partial charge in [-0.2, -0.15) is 5.26 Å². The number of aromatic nitrogens is 2. The Hall–Kier alpha value is -2.30. The second kappa shape index (κ2) is 7.14. The maximum absolute atomic E-state index is 12.6. The number of carbonyl (C=O) groups excluding carboxylic acids is 1. The van der Waals surface area contributed by atoms with Gasteiger partial charge in [-0.25, -0.2) is 9.78 Å². The highest BCUT2D eigenvalue weighted by atomic mass is 35.5. The molecule has 0 radical (unpaired) electrons. The largest absolute Gasteiger partial charge is 0.488 e. The number of nitrogens with zero attached hydrogens (tertiary/aromatic N) is 3. The zero-order valence-corrected chi connectivity index (χ0v) is 16.2. The van der Waals surface area contributed by atoms with Crippen molar-refractivity contribution in [2.45, 2.75) is 45.6 Å². The summed E-state index contributed by atoms with van der Waals surface area (Å²) in [7, 11) is 0. The molecule has 0 spiro atoms. The second-order valence-corrected chi connectivity index (χ2v) is 7.71. The van der Waals surface area contributed by atoms with Gasteiger partial charge in [0, 0.05) is 17.8 Å². The number of hydrogen-bond donors (Lipinski definition) is 1. The molecule has 0 atom stereocenters. The van der Waals surface area contributed by atoms with Crippen LogP contribution in [-0.4, -0.2) is 39.6 Å².